The molecule has 0 aliphatic carbocycles. The van der Waals surface area contributed by atoms with Gasteiger partial charge in [0.05, 0.1) is 13.1 Å². The van der Waals surface area contributed by atoms with Crippen molar-refractivity contribution in [2.45, 2.75) is 19.1 Å². The van der Waals surface area contributed by atoms with E-state index in [1.54, 1.807) is 6.07 Å². The van der Waals surface area contributed by atoms with E-state index in [1.165, 1.54) is 35.2 Å². The van der Waals surface area contributed by atoms with Crippen LogP contribution in [0.15, 0.2) is 36.4 Å². The van der Waals surface area contributed by atoms with E-state index in [0.717, 1.165) is 0 Å². The molecule has 1 aliphatic rings. The second-order valence-electron chi connectivity index (χ2n) is 5.74. The zero-order valence-electron chi connectivity index (χ0n) is 13.2. The van der Waals surface area contributed by atoms with Gasteiger partial charge in [-0.2, -0.15) is 0 Å². The molecule has 1 aliphatic heterocycles. The largest absolute Gasteiger partial charge is 0.491 e. The van der Waals surface area contributed by atoms with E-state index in [9.17, 15) is 18.7 Å². The lowest BCUT2D eigenvalue weighted by Gasteiger charge is -2.23. The summed E-state index contributed by atoms with van der Waals surface area (Å²) in [5.74, 6) is -1.32. The molecule has 0 aromatic heterocycles. The van der Waals surface area contributed by atoms with Crippen molar-refractivity contribution in [1.82, 2.24) is 4.90 Å². The maximum absolute atomic E-state index is 14.0. The Morgan fingerprint density at radius 3 is 2.72 bits per heavy atom. The minimum atomic E-state index is -1.48. The van der Waals surface area contributed by atoms with E-state index in [4.69, 9.17) is 16.3 Å². The molecule has 0 fully saturated rings. The van der Waals surface area contributed by atoms with Crippen molar-refractivity contribution in [2.75, 3.05) is 13.2 Å². The normalized spacial score (nSPS) is 15.1. The van der Waals surface area contributed by atoms with Crippen molar-refractivity contribution in [3.8, 4) is 5.75 Å². The third kappa shape index (κ3) is 3.75. The van der Waals surface area contributed by atoms with Crippen molar-refractivity contribution < 1.29 is 23.4 Å². The summed E-state index contributed by atoms with van der Waals surface area (Å²) in [5.41, 5.74) is 0.326. The van der Waals surface area contributed by atoms with E-state index in [-0.39, 0.29) is 42.3 Å². The Bertz CT molecular complexity index is 780. The highest BCUT2D eigenvalue weighted by atomic mass is 35.5. The van der Waals surface area contributed by atoms with Crippen molar-refractivity contribution in [3.05, 3.63) is 64.2 Å². The lowest BCUT2D eigenvalue weighted by Crippen LogP contribution is -2.41. The summed E-state index contributed by atoms with van der Waals surface area (Å²) in [7, 11) is 0. The lowest BCUT2D eigenvalue weighted by molar-refractivity contribution is -0.140. The van der Waals surface area contributed by atoms with E-state index in [2.05, 4.69) is 0 Å². The topological polar surface area (TPSA) is 49.8 Å². The van der Waals surface area contributed by atoms with Crippen molar-refractivity contribution in [2.24, 2.45) is 0 Å². The first-order valence-corrected chi connectivity index (χ1v) is 8.15. The van der Waals surface area contributed by atoms with Crippen molar-refractivity contribution >= 4 is 17.5 Å². The van der Waals surface area contributed by atoms with Gasteiger partial charge in [0, 0.05) is 22.6 Å². The number of fused-ring (bicyclic) bond motifs is 1. The van der Waals surface area contributed by atoms with Crippen LogP contribution in [0.3, 0.4) is 0 Å². The van der Waals surface area contributed by atoms with Crippen LogP contribution in [0.1, 0.15) is 11.1 Å². The summed E-state index contributed by atoms with van der Waals surface area (Å²) in [6, 6.07) is 8.59. The molecule has 1 unspecified atom stereocenters. The van der Waals surface area contributed by atoms with Crippen LogP contribution >= 0.6 is 11.6 Å². The molecule has 0 saturated carbocycles. The fourth-order valence-corrected chi connectivity index (χ4v) is 3.01. The second-order valence-corrected chi connectivity index (χ2v) is 6.15. The number of carbonyl (C=O) groups excluding carboxylic acids is 1. The number of ether oxygens (including phenoxy) is 1. The monoisotopic (exact) mass is 367 g/mol. The van der Waals surface area contributed by atoms with Crippen LogP contribution in [0, 0.1) is 11.6 Å². The van der Waals surface area contributed by atoms with Gasteiger partial charge in [-0.1, -0.05) is 23.7 Å². The molecule has 1 atom stereocenters. The summed E-state index contributed by atoms with van der Waals surface area (Å²) < 4.78 is 33.3. The predicted molar refractivity (Wildman–Crippen MR) is 88.4 cm³/mol. The molecule has 0 bridgehead atoms. The van der Waals surface area contributed by atoms with Gasteiger partial charge in [-0.05, 0) is 24.3 Å². The van der Waals surface area contributed by atoms with Gasteiger partial charge in [-0.15, -0.1) is 0 Å². The quantitative estimate of drug-likeness (QED) is 0.907. The Labute approximate surface area is 148 Å². The second kappa shape index (κ2) is 7.37. The van der Waals surface area contributed by atoms with Crippen LogP contribution in [0.4, 0.5) is 8.78 Å². The van der Waals surface area contributed by atoms with Crippen LogP contribution < -0.4 is 4.74 Å². The van der Waals surface area contributed by atoms with Gasteiger partial charge >= 0.3 is 0 Å². The van der Waals surface area contributed by atoms with Gasteiger partial charge in [0.15, 0.2) is 0 Å². The number of amides is 1. The molecule has 2 aromatic rings. The summed E-state index contributed by atoms with van der Waals surface area (Å²) in [6.45, 7) is 0.341. The number of benzene rings is 2. The Morgan fingerprint density at radius 1 is 1.24 bits per heavy atom. The van der Waals surface area contributed by atoms with Gasteiger partial charge in [0.2, 0.25) is 0 Å². The van der Waals surface area contributed by atoms with Gasteiger partial charge < -0.3 is 14.7 Å². The number of rotatable bonds is 3. The summed E-state index contributed by atoms with van der Waals surface area (Å²) in [5, 5.41) is 10.4. The highest BCUT2D eigenvalue weighted by Crippen LogP contribution is 2.26. The number of carbonyl (C=O) groups is 1. The zero-order chi connectivity index (χ0) is 18.0. The zero-order valence-corrected chi connectivity index (χ0v) is 14.0. The van der Waals surface area contributed by atoms with Crippen molar-refractivity contribution in [3.63, 3.8) is 0 Å². The fraction of sp³-hybridized carbons (Fsp3) is 0.278. The highest BCUT2D eigenvalue weighted by molar-refractivity contribution is 6.31. The minimum absolute atomic E-state index is 0.0249. The first kappa shape index (κ1) is 17.6. The summed E-state index contributed by atoms with van der Waals surface area (Å²) in [4.78, 5) is 13.8. The van der Waals surface area contributed by atoms with Crippen LogP contribution in [0.5, 0.6) is 5.75 Å². The average Bonchev–Trinajstić information content (AvgIpc) is 2.81. The Balaban J connectivity index is 1.77. The maximum Gasteiger partial charge on any atom is 0.252 e. The molecule has 3 rings (SSSR count). The number of aliphatic hydroxyl groups excluding tert-OH is 1. The summed E-state index contributed by atoms with van der Waals surface area (Å²) in [6.07, 6.45) is -1.74. The molecule has 0 spiro atoms. The van der Waals surface area contributed by atoms with Gasteiger partial charge in [0.25, 0.3) is 5.91 Å². The third-order valence-corrected chi connectivity index (χ3v) is 4.45. The fourth-order valence-electron chi connectivity index (χ4n) is 2.77. The first-order chi connectivity index (χ1) is 12.0. The van der Waals surface area contributed by atoms with E-state index in [0.29, 0.717) is 5.75 Å². The molecule has 7 heteroatoms. The van der Waals surface area contributed by atoms with E-state index >= 15 is 0 Å². The van der Waals surface area contributed by atoms with Crippen LogP contribution in [-0.2, 0) is 17.8 Å². The highest BCUT2D eigenvalue weighted by Gasteiger charge is 2.28. The Kier molecular flexibility index (Phi) is 5.20. The summed E-state index contributed by atoms with van der Waals surface area (Å²) >= 11 is 5.93. The standard InChI is InChI=1S/C18H16ClF2NO3/c19-13-3-1-4-14(20)11(13)9-16(23)18(24)22-7-8-25-17-6-2-5-15(21)12(17)10-22/h1-6,16,23H,7-10H2. The first-order valence-electron chi connectivity index (χ1n) is 7.77. The minimum Gasteiger partial charge on any atom is -0.491 e. The predicted octanol–water partition coefficient (Wildman–Crippen LogP) is 2.94. The number of hydrogen-bond acceptors (Lipinski definition) is 3. The maximum atomic E-state index is 14.0. The third-order valence-electron chi connectivity index (χ3n) is 4.10. The molecule has 0 saturated heterocycles. The molecular formula is C18H16ClF2NO3. The molecule has 1 heterocycles. The van der Waals surface area contributed by atoms with E-state index in [1.807, 2.05) is 0 Å². The number of hydrogen-bond donors (Lipinski definition) is 1. The Hall–Kier alpha value is -2.18. The molecule has 1 N–H and O–H groups in total. The van der Waals surface area contributed by atoms with Crippen LogP contribution in [0.2, 0.25) is 5.02 Å². The SMILES string of the molecule is O=C(C(O)Cc1c(F)cccc1Cl)N1CCOc2cccc(F)c2C1. The average molecular weight is 368 g/mol. The lowest BCUT2D eigenvalue weighted by atomic mass is 10.1. The van der Waals surface area contributed by atoms with E-state index < -0.39 is 23.6 Å². The van der Waals surface area contributed by atoms with Gasteiger partial charge in [-0.3, -0.25) is 4.79 Å². The van der Waals surface area contributed by atoms with Gasteiger partial charge in [-0.25, -0.2) is 8.78 Å². The number of nitrogens with zero attached hydrogens (tertiary/aromatic N) is 1. The molecule has 2 aromatic carbocycles. The van der Waals surface area contributed by atoms with Crippen LogP contribution in [-0.4, -0.2) is 35.2 Å². The molecule has 0 radical (unpaired) electrons. The number of halogens is 3. The molecule has 1 amide bonds. The molecule has 25 heavy (non-hydrogen) atoms. The van der Waals surface area contributed by atoms with Crippen LogP contribution in [0.25, 0.3) is 0 Å². The van der Waals surface area contributed by atoms with Crippen molar-refractivity contribution in [1.29, 1.82) is 0 Å². The molecule has 132 valence electrons. The smallest absolute Gasteiger partial charge is 0.252 e. The molecule has 4 nitrogen and oxygen atoms in total. The van der Waals surface area contributed by atoms with Gasteiger partial charge in [0.1, 0.15) is 30.1 Å². The molecular weight excluding hydrogens is 352 g/mol. The number of aliphatic hydroxyl groups is 1. The Morgan fingerprint density at radius 2 is 1.96 bits per heavy atom.